The van der Waals surface area contributed by atoms with Crippen molar-refractivity contribution in [3.63, 3.8) is 0 Å². The van der Waals surface area contributed by atoms with E-state index in [-0.39, 0.29) is 21.1 Å². The summed E-state index contributed by atoms with van der Waals surface area (Å²) in [7, 11) is -2.16. The second-order valence-corrected chi connectivity index (χ2v) is 7.48. The van der Waals surface area contributed by atoms with Gasteiger partial charge in [-0.05, 0) is 13.8 Å². The molecule has 1 rings (SSSR count). The number of hydrogen-bond acceptors (Lipinski definition) is 5. The fourth-order valence-corrected chi connectivity index (χ4v) is 4.44. The summed E-state index contributed by atoms with van der Waals surface area (Å²) in [5, 5.41) is 8.68. The summed E-state index contributed by atoms with van der Waals surface area (Å²) in [5.74, 6) is -0.363. The van der Waals surface area contributed by atoms with Gasteiger partial charge in [0.1, 0.15) is 0 Å². The zero-order valence-corrected chi connectivity index (χ0v) is 12.0. The molecule has 17 heavy (non-hydrogen) atoms. The van der Waals surface area contributed by atoms with Crippen LogP contribution in [0.25, 0.3) is 0 Å². The SMILES string of the molecule is Cc1nc(Cl)sc1S(=O)(=O)N(C)CC(C)C#N. The number of aryl methyl sites for hydroxylation is 1. The van der Waals surface area contributed by atoms with Crippen LogP contribution in [-0.4, -0.2) is 31.3 Å². The molecule has 0 fully saturated rings. The first-order chi connectivity index (χ1) is 7.78. The predicted molar refractivity (Wildman–Crippen MR) is 66.5 cm³/mol. The van der Waals surface area contributed by atoms with Crippen LogP contribution < -0.4 is 0 Å². The van der Waals surface area contributed by atoms with E-state index in [0.29, 0.717) is 5.69 Å². The van der Waals surface area contributed by atoms with Gasteiger partial charge in [-0.2, -0.15) is 9.57 Å². The maximum absolute atomic E-state index is 12.1. The van der Waals surface area contributed by atoms with Crippen LogP contribution in [0.4, 0.5) is 0 Å². The first-order valence-electron chi connectivity index (χ1n) is 4.78. The molecule has 1 aromatic rings. The van der Waals surface area contributed by atoms with E-state index in [0.717, 1.165) is 15.6 Å². The van der Waals surface area contributed by atoms with Gasteiger partial charge in [-0.25, -0.2) is 13.4 Å². The second-order valence-electron chi connectivity index (χ2n) is 3.66. The molecule has 0 amide bonds. The first-order valence-corrected chi connectivity index (χ1v) is 7.41. The molecule has 0 spiro atoms. The van der Waals surface area contributed by atoms with Crippen molar-refractivity contribution in [2.75, 3.05) is 13.6 Å². The predicted octanol–water partition coefficient (Wildman–Crippen LogP) is 1.89. The van der Waals surface area contributed by atoms with Crippen molar-refractivity contribution in [3.05, 3.63) is 10.2 Å². The molecule has 0 saturated carbocycles. The van der Waals surface area contributed by atoms with Crippen molar-refractivity contribution >= 4 is 33.0 Å². The molecule has 5 nitrogen and oxygen atoms in total. The lowest BCUT2D eigenvalue weighted by Gasteiger charge is -2.17. The van der Waals surface area contributed by atoms with Crippen molar-refractivity contribution in [3.8, 4) is 6.07 Å². The Morgan fingerprint density at radius 1 is 1.65 bits per heavy atom. The Kier molecular flexibility index (Phi) is 4.49. The highest BCUT2D eigenvalue weighted by molar-refractivity contribution is 7.91. The van der Waals surface area contributed by atoms with E-state index in [1.165, 1.54) is 7.05 Å². The number of halogens is 1. The third-order valence-electron chi connectivity index (χ3n) is 2.12. The minimum atomic E-state index is -3.60. The lowest BCUT2D eigenvalue weighted by molar-refractivity contribution is 0.440. The number of thiazole rings is 1. The van der Waals surface area contributed by atoms with Crippen molar-refractivity contribution < 1.29 is 8.42 Å². The summed E-state index contributed by atoms with van der Waals surface area (Å²) in [6.45, 7) is 3.41. The van der Waals surface area contributed by atoms with Crippen molar-refractivity contribution in [2.24, 2.45) is 5.92 Å². The van der Waals surface area contributed by atoms with Gasteiger partial charge in [0.15, 0.2) is 8.68 Å². The topological polar surface area (TPSA) is 74.1 Å². The lowest BCUT2D eigenvalue weighted by Crippen LogP contribution is -2.30. The minimum absolute atomic E-state index is 0.134. The van der Waals surface area contributed by atoms with Gasteiger partial charge in [0.05, 0.1) is 17.7 Å². The highest BCUT2D eigenvalue weighted by atomic mass is 35.5. The van der Waals surface area contributed by atoms with Crippen molar-refractivity contribution in [2.45, 2.75) is 18.1 Å². The maximum Gasteiger partial charge on any atom is 0.254 e. The van der Waals surface area contributed by atoms with Crippen LogP contribution >= 0.6 is 22.9 Å². The largest absolute Gasteiger partial charge is 0.254 e. The van der Waals surface area contributed by atoms with Crippen LogP contribution in [-0.2, 0) is 10.0 Å². The van der Waals surface area contributed by atoms with Crippen LogP contribution in [0, 0.1) is 24.2 Å². The summed E-state index contributed by atoms with van der Waals surface area (Å²) in [4.78, 5) is 3.87. The summed E-state index contributed by atoms with van der Waals surface area (Å²) < 4.78 is 25.8. The van der Waals surface area contributed by atoms with E-state index < -0.39 is 10.0 Å². The number of rotatable bonds is 4. The second kappa shape index (κ2) is 5.31. The number of nitriles is 1. The molecule has 0 aliphatic heterocycles. The van der Waals surface area contributed by atoms with Gasteiger partial charge < -0.3 is 0 Å². The normalized spacial score (nSPS) is 13.6. The highest BCUT2D eigenvalue weighted by Gasteiger charge is 2.27. The molecule has 1 heterocycles. The lowest BCUT2D eigenvalue weighted by atomic mass is 10.2. The standard InChI is InChI=1S/C9H12ClN3O2S2/c1-6(4-11)5-13(3)17(14,15)8-7(2)12-9(10)16-8/h6H,5H2,1-3H3. The highest BCUT2D eigenvalue weighted by Crippen LogP contribution is 2.28. The molecule has 1 aromatic heterocycles. The van der Waals surface area contributed by atoms with E-state index in [9.17, 15) is 8.42 Å². The smallest absolute Gasteiger partial charge is 0.229 e. The fourth-order valence-electron chi connectivity index (χ4n) is 1.26. The Balaban J connectivity index is 3.04. The molecular weight excluding hydrogens is 282 g/mol. The van der Waals surface area contributed by atoms with E-state index >= 15 is 0 Å². The molecule has 0 aromatic carbocycles. The summed E-state index contributed by atoms with van der Waals surface area (Å²) in [6, 6.07) is 1.99. The van der Waals surface area contributed by atoms with Crippen LogP contribution in [0.1, 0.15) is 12.6 Å². The minimum Gasteiger partial charge on any atom is -0.229 e. The average Bonchev–Trinajstić information content (AvgIpc) is 2.58. The van der Waals surface area contributed by atoms with Crippen LogP contribution in [0.3, 0.4) is 0 Å². The molecular formula is C9H12ClN3O2S2. The van der Waals surface area contributed by atoms with E-state index in [4.69, 9.17) is 16.9 Å². The van der Waals surface area contributed by atoms with Crippen LogP contribution in [0.15, 0.2) is 4.21 Å². The summed E-state index contributed by atoms with van der Waals surface area (Å²) in [5.41, 5.74) is 0.386. The zero-order chi connectivity index (χ0) is 13.2. The zero-order valence-electron chi connectivity index (χ0n) is 9.64. The van der Waals surface area contributed by atoms with E-state index in [2.05, 4.69) is 4.98 Å². The van der Waals surface area contributed by atoms with Gasteiger partial charge in [0.25, 0.3) is 10.0 Å². The van der Waals surface area contributed by atoms with Crippen LogP contribution in [0.2, 0.25) is 4.47 Å². The van der Waals surface area contributed by atoms with E-state index in [1.54, 1.807) is 13.8 Å². The molecule has 94 valence electrons. The number of sulfonamides is 1. The van der Waals surface area contributed by atoms with Crippen LogP contribution in [0.5, 0.6) is 0 Å². The number of nitrogens with zero attached hydrogens (tertiary/aromatic N) is 3. The Morgan fingerprint density at radius 3 is 2.65 bits per heavy atom. The average molecular weight is 294 g/mol. The molecule has 0 saturated heterocycles. The van der Waals surface area contributed by atoms with Gasteiger partial charge in [-0.1, -0.05) is 22.9 Å². The number of hydrogen-bond donors (Lipinski definition) is 0. The molecule has 0 aliphatic carbocycles. The van der Waals surface area contributed by atoms with Gasteiger partial charge in [0.2, 0.25) is 0 Å². The Hall–Kier alpha value is -0.680. The Labute approximate surface area is 110 Å². The Bertz CT molecular complexity index is 547. The van der Waals surface area contributed by atoms with Crippen molar-refractivity contribution in [1.29, 1.82) is 5.26 Å². The maximum atomic E-state index is 12.1. The number of aromatic nitrogens is 1. The third-order valence-corrected chi connectivity index (χ3v) is 5.80. The summed E-state index contributed by atoms with van der Waals surface area (Å²) >= 11 is 6.61. The summed E-state index contributed by atoms with van der Waals surface area (Å²) in [6.07, 6.45) is 0. The van der Waals surface area contributed by atoms with E-state index in [1.807, 2.05) is 6.07 Å². The molecule has 0 radical (unpaired) electrons. The molecule has 0 bridgehead atoms. The molecule has 8 heteroatoms. The van der Waals surface area contributed by atoms with Gasteiger partial charge in [-0.15, -0.1) is 0 Å². The third kappa shape index (κ3) is 3.16. The first kappa shape index (κ1) is 14.4. The molecule has 1 unspecified atom stereocenters. The molecule has 0 N–H and O–H groups in total. The molecule has 1 atom stereocenters. The fraction of sp³-hybridized carbons (Fsp3) is 0.556. The van der Waals surface area contributed by atoms with Gasteiger partial charge >= 0.3 is 0 Å². The van der Waals surface area contributed by atoms with Gasteiger partial charge in [0, 0.05) is 13.6 Å². The Morgan fingerprint density at radius 2 is 2.24 bits per heavy atom. The monoisotopic (exact) mass is 293 g/mol. The van der Waals surface area contributed by atoms with Crippen molar-refractivity contribution in [1.82, 2.24) is 9.29 Å². The van der Waals surface area contributed by atoms with Gasteiger partial charge in [-0.3, -0.25) is 0 Å². The quantitative estimate of drug-likeness (QED) is 0.849. The molecule has 0 aliphatic rings.